The molecule has 1 aromatic carbocycles. The van der Waals surface area contributed by atoms with Gasteiger partial charge in [0.2, 0.25) is 5.91 Å². The van der Waals surface area contributed by atoms with Gasteiger partial charge in [-0.05, 0) is 44.7 Å². The third kappa shape index (κ3) is 4.56. The standard InChI is InChI=1S/C23H27NO5S/c1-4-29-23(28)19-18(15-10-9-13(2)11-14(15)3)12-30-21(19)24-20(25)16-7-5-6-8-17(16)22(26)27/h9-12,16-17H,4-8H2,1-3H3,(H,24,25)(H,26,27)/t16-,17+/m0/s1. The van der Waals surface area contributed by atoms with Crippen molar-refractivity contribution < 1.29 is 24.2 Å². The smallest absolute Gasteiger partial charge is 0.341 e. The van der Waals surface area contributed by atoms with Crippen LogP contribution >= 0.6 is 11.3 Å². The van der Waals surface area contributed by atoms with Gasteiger partial charge in [-0.15, -0.1) is 11.3 Å². The number of amides is 1. The van der Waals surface area contributed by atoms with Gasteiger partial charge in [-0.3, -0.25) is 9.59 Å². The first kappa shape index (κ1) is 22.0. The summed E-state index contributed by atoms with van der Waals surface area (Å²) in [5, 5.41) is 14.6. The van der Waals surface area contributed by atoms with E-state index >= 15 is 0 Å². The van der Waals surface area contributed by atoms with Gasteiger partial charge in [0.05, 0.1) is 18.4 Å². The van der Waals surface area contributed by atoms with Crippen molar-refractivity contribution in [2.45, 2.75) is 46.5 Å². The Balaban J connectivity index is 1.96. The summed E-state index contributed by atoms with van der Waals surface area (Å²) < 4.78 is 5.26. The molecule has 0 saturated heterocycles. The molecular weight excluding hydrogens is 402 g/mol. The van der Waals surface area contributed by atoms with E-state index in [-0.39, 0.29) is 12.5 Å². The quantitative estimate of drug-likeness (QED) is 0.628. The van der Waals surface area contributed by atoms with Gasteiger partial charge in [-0.25, -0.2) is 4.79 Å². The average Bonchev–Trinajstić information content (AvgIpc) is 3.11. The fourth-order valence-corrected chi connectivity index (χ4v) is 5.07. The van der Waals surface area contributed by atoms with Crippen LogP contribution in [0.1, 0.15) is 54.1 Å². The lowest BCUT2D eigenvalue weighted by molar-refractivity contribution is -0.147. The van der Waals surface area contributed by atoms with Gasteiger partial charge < -0.3 is 15.2 Å². The number of carboxylic acids is 1. The molecule has 1 heterocycles. The fraction of sp³-hybridized carbons (Fsp3) is 0.435. The maximum Gasteiger partial charge on any atom is 0.341 e. The minimum absolute atomic E-state index is 0.220. The van der Waals surface area contributed by atoms with E-state index in [1.807, 2.05) is 37.4 Å². The van der Waals surface area contributed by atoms with Crippen molar-refractivity contribution >= 4 is 34.2 Å². The summed E-state index contributed by atoms with van der Waals surface area (Å²) in [5.74, 6) is -3.08. The molecule has 0 aliphatic heterocycles. The highest BCUT2D eigenvalue weighted by molar-refractivity contribution is 7.15. The number of thiophene rings is 1. The number of carbonyl (C=O) groups excluding carboxylic acids is 2. The third-order valence-corrected chi connectivity index (χ3v) is 6.49. The van der Waals surface area contributed by atoms with Gasteiger partial charge in [0.1, 0.15) is 10.6 Å². The Morgan fingerprint density at radius 3 is 2.47 bits per heavy atom. The zero-order chi connectivity index (χ0) is 21.8. The summed E-state index contributed by atoms with van der Waals surface area (Å²) in [5.41, 5.74) is 4.08. The zero-order valence-corrected chi connectivity index (χ0v) is 18.3. The first-order valence-corrected chi connectivity index (χ1v) is 11.1. The van der Waals surface area contributed by atoms with Gasteiger partial charge in [-0.1, -0.05) is 36.6 Å². The predicted octanol–water partition coefficient (Wildman–Crippen LogP) is 5.04. The molecule has 1 aromatic heterocycles. The molecule has 0 bridgehead atoms. The lowest BCUT2D eigenvalue weighted by Crippen LogP contribution is -2.36. The lowest BCUT2D eigenvalue weighted by Gasteiger charge is -2.27. The highest BCUT2D eigenvalue weighted by atomic mass is 32.1. The SMILES string of the molecule is CCOC(=O)c1c(-c2ccc(C)cc2C)csc1NC(=O)[C@H]1CCCC[C@H]1C(=O)O. The van der Waals surface area contributed by atoms with Crippen molar-refractivity contribution in [1.29, 1.82) is 0 Å². The van der Waals surface area contributed by atoms with Crippen LogP contribution in [0.3, 0.4) is 0 Å². The Hall–Kier alpha value is -2.67. The number of aliphatic carboxylic acids is 1. The van der Waals surface area contributed by atoms with Gasteiger partial charge >= 0.3 is 11.9 Å². The summed E-state index contributed by atoms with van der Waals surface area (Å²) in [4.78, 5) is 37.3. The van der Waals surface area contributed by atoms with Crippen molar-refractivity contribution in [1.82, 2.24) is 0 Å². The van der Waals surface area contributed by atoms with Crippen molar-refractivity contribution in [3.63, 3.8) is 0 Å². The molecule has 0 unspecified atom stereocenters. The van der Waals surface area contributed by atoms with E-state index in [1.54, 1.807) is 6.92 Å². The fourth-order valence-electron chi connectivity index (χ4n) is 4.11. The minimum atomic E-state index is -0.942. The largest absolute Gasteiger partial charge is 0.481 e. The van der Waals surface area contributed by atoms with Crippen LogP contribution in [0.15, 0.2) is 23.6 Å². The molecular formula is C23H27NO5S. The molecule has 1 aliphatic rings. The van der Waals surface area contributed by atoms with Gasteiger partial charge in [0, 0.05) is 10.9 Å². The van der Waals surface area contributed by atoms with Gasteiger partial charge in [0.25, 0.3) is 0 Å². The van der Waals surface area contributed by atoms with E-state index in [9.17, 15) is 19.5 Å². The van der Waals surface area contributed by atoms with E-state index in [1.165, 1.54) is 11.3 Å². The molecule has 2 N–H and O–H groups in total. The van der Waals surface area contributed by atoms with E-state index < -0.39 is 23.8 Å². The first-order chi connectivity index (χ1) is 14.3. The van der Waals surface area contributed by atoms with Crippen LogP contribution < -0.4 is 5.32 Å². The minimum Gasteiger partial charge on any atom is -0.481 e. The number of aryl methyl sites for hydroxylation is 2. The highest BCUT2D eigenvalue weighted by Crippen LogP contribution is 2.39. The van der Waals surface area contributed by atoms with E-state index in [0.29, 0.717) is 29.0 Å². The predicted molar refractivity (Wildman–Crippen MR) is 117 cm³/mol. The van der Waals surface area contributed by atoms with Crippen LogP contribution in [0.5, 0.6) is 0 Å². The Kier molecular flexibility index (Phi) is 6.92. The van der Waals surface area contributed by atoms with Crippen LogP contribution in [0.4, 0.5) is 5.00 Å². The van der Waals surface area contributed by atoms with Crippen molar-refractivity contribution in [3.8, 4) is 11.1 Å². The van der Waals surface area contributed by atoms with E-state index in [4.69, 9.17) is 4.74 Å². The van der Waals surface area contributed by atoms with Crippen molar-refractivity contribution in [3.05, 3.63) is 40.3 Å². The van der Waals surface area contributed by atoms with Crippen LogP contribution in [-0.2, 0) is 14.3 Å². The normalized spacial score (nSPS) is 18.6. The summed E-state index contributed by atoms with van der Waals surface area (Å²) in [6.45, 7) is 5.94. The number of benzene rings is 1. The zero-order valence-electron chi connectivity index (χ0n) is 17.5. The molecule has 1 aliphatic carbocycles. The van der Waals surface area contributed by atoms with Gasteiger partial charge in [0.15, 0.2) is 0 Å². The number of nitrogens with one attached hydrogen (secondary N) is 1. The Morgan fingerprint density at radius 1 is 1.13 bits per heavy atom. The molecule has 30 heavy (non-hydrogen) atoms. The topological polar surface area (TPSA) is 92.7 Å². The Labute approximate surface area is 180 Å². The lowest BCUT2D eigenvalue weighted by atomic mass is 9.78. The second-order valence-electron chi connectivity index (χ2n) is 7.72. The number of hydrogen-bond acceptors (Lipinski definition) is 5. The molecule has 6 nitrogen and oxygen atoms in total. The Morgan fingerprint density at radius 2 is 1.83 bits per heavy atom. The second-order valence-corrected chi connectivity index (χ2v) is 8.60. The van der Waals surface area contributed by atoms with Gasteiger partial charge in [-0.2, -0.15) is 0 Å². The molecule has 1 fully saturated rings. The van der Waals surface area contributed by atoms with Crippen LogP contribution in [-0.4, -0.2) is 29.6 Å². The number of rotatable bonds is 6. The van der Waals surface area contributed by atoms with E-state index in [2.05, 4.69) is 5.32 Å². The Bertz CT molecular complexity index is 964. The summed E-state index contributed by atoms with van der Waals surface area (Å²) in [6, 6.07) is 5.98. The molecule has 0 spiro atoms. The number of hydrogen-bond donors (Lipinski definition) is 2. The number of carbonyl (C=O) groups is 3. The van der Waals surface area contributed by atoms with Crippen LogP contribution in [0.2, 0.25) is 0 Å². The second kappa shape index (κ2) is 9.43. The van der Waals surface area contributed by atoms with Crippen molar-refractivity contribution in [2.24, 2.45) is 11.8 Å². The van der Waals surface area contributed by atoms with Crippen molar-refractivity contribution in [2.75, 3.05) is 11.9 Å². The van der Waals surface area contributed by atoms with Crippen LogP contribution in [0.25, 0.3) is 11.1 Å². The summed E-state index contributed by atoms with van der Waals surface area (Å²) >= 11 is 1.26. The first-order valence-electron chi connectivity index (χ1n) is 10.2. The molecule has 3 rings (SSSR count). The summed E-state index contributed by atoms with van der Waals surface area (Å²) in [7, 11) is 0. The molecule has 160 valence electrons. The monoisotopic (exact) mass is 429 g/mol. The molecule has 2 atom stereocenters. The summed E-state index contributed by atoms with van der Waals surface area (Å²) in [6.07, 6.45) is 2.67. The number of carboxylic acid groups (broad SMARTS) is 1. The number of anilines is 1. The van der Waals surface area contributed by atoms with Crippen LogP contribution in [0, 0.1) is 25.7 Å². The van der Waals surface area contributed by atoms with E-state index in [0.717, 1.165) is 29.5 Å². The number of esters is 1. The molecule has 0 radical (unpaired) electrons. The molecule has 1 saturated carbocycles. The molecule has 1 amide bonds. The average molecular weight is 430 g/mol. The maximum atomic E-state index is 13.0. The third-order valence-electron chi connectivity index (χ3n) is 5.60. The molecule has 7 heteroatoms. The molecule has 2 aromatic rings. The highest BCUT2D eigenvalue weighted by Gasteiger charge is 2.36. The maximum absolute atomic E-state index is 13.0. The number of ether oxygens (including phenoxy) is 1.